The lowest BCUT2D eigenvalue weighted by atomic mass is 10.0. The highest BCUT2D eigenvalue weighted by Gasteiger charge is 2.35. The molecule has 1 atom stereocenters. The Morgan fingerprint density at radius 3 is 2.23 bits per heavy atom. The molecule has 5 heteroatoms. The van der Waals surface area contributed by atoms with Crippen molar-refractivity contribution in [3.63, 3.8) is 0 Å². The van der Waals surface area contributed by atoms with Crippen LogP contribution in [0.1, 0.15) is 21.3 Å². The van der Waals surface area contributed by atoms with Crippen molar-refractivity contribution in [1.82, 2.24) is 4.98 Å². The molecule has 31 heavy (non-hydrogen) atoms. The van der Waals surface area contributed by atoms with Crippen molar-refractivity contribution in [3.8, 4) is 11.3 Å². The molecule has 3 nitrogen and oxygen atoms in total. The summed E-state index contributed by atoms with van der Waals surface area (Å²) in [6, 6.07) is 28.8. The summed E-state index contributed by atoms with van der Waals surface area (Å²) in [5.74, 6) is 0. The molecular weight excluding hydrogens is 422 g/mol. The Morgan fingerprint density at radius 2 is 1.52 bits per heavy atom. The number of thiophene rings is 1. The minimum atomic E-state index is -3.70. The van der Waals surface area contributed by atoms with Crippen molar-refractivity contribution in [1.29, 1.82) is 0 Å². The van der Waals surface area contributed by atoms with Gasteiger partial charge in [0.1, 0.15) is 5.25 Å². The second kappa shape index (κ2) is 7.84. The number of hydrogen-bond donors (Lipinski definition) is 1. The number of fused-ring (bicyclic) bond motifs is 1. The van der Waals surface area contributed by atoms with Gasteiger partial charge in [-0.05, 0) is 42.1 Å². The maximum atomic E-state index is 14.1. The van der Waals surface area contributed by atoms with Crippen LogP contribution in [-0.4, -0.2) is 13.4 Å². The van der Waals surface area contributed by atoms with E-state index in [1.54, 1.807) is 12.1 Å². The highest BCUT2D eigenvalue weighted by molar-refractivity contribution is 7.92. The first-order valence-corrected chi connectivity index (χ1v) is 12.5. The fourth-order valence-electron chi connectivity index (χ4n) is 4.02. The third kappa shape index (κ3) is 3.50. The molecule has 1 N–H and O–H groups in total. The molecular formula is C26H21NO2S2. The second-order valence-corrected chi connectivity index (χ2v) is 10.6. The Bertz CT molecular complexity index is 1430. The van der Waals surface area contributed by atoms with E-state index in [-0.39, 0.29) is 0 Å². The zero-order chi connectivity index (χ0) is 21.4. The van der Waals surface area contributed by atoms with E-state index in [2.05, 4.69) is 4.98 Å². The maximum absolute atomic E-state index is 14.1. The molecule has 0 aliphatic rings. The quantitative estimate of drug-likeness (QED) is 0.326. The molecule has 0 fully saturated rings. The summed E-state index contributed by atoms with van der Waals surface area (Å²) in [4.78, 5) is 4.64. The molecule has 2 heterocycles. The molecule has 0 aliphatic carbocycles. The van der Waals surface area contributed by atoms with Gasteiger partial charge in [0.15, 0.2) is 9.84 Å². The molecule has 0 aliphatic heterocycles. The van der Waals surface area contributed by atoms with Gasteiger partial charge in [-0.3, -0.25) is 0 Å². The second-order valence-electron chi connectivity index (χ2n) is 7.58. The van der Waals surface area contributed by atoms with Crippen molar-refractivity contribution in [3.05, 3.63) is 112 Å². The molecule has 0 radical (unpaired) electrons. The van der Waals surface area contributed by atoms with Crippen LogP contribution < -0.4 is 0 Å². The van der Waals surface area contributed by atoms with Gasteiger partial charge in [0.25, 0.3) is 0 Å². The van der Waals surface area contributed by atoms with Crippen LogP contribution in [0.2, 0.25) is 0 Å². The smallest absolute Gasteiger partial charge is 0.190 e. The number of rotatable bonds is 5. The van der Waals surface area contributed by atoms with Crippen molar-refractivity contribution >= 4 is 32.1 Å². The molecule has 0 amide bonds. The molecule has 2 aromatic heterocycles. The van der Waals surface area contributed by atoms with Gasteiger partial charge in [-0.15, -0.1) is 11.3 Å². The van der Waals surface area contributed by atoms with Crippen LogP contribution in [-0.2, 0) is 9.84 Å². The van der Waals surface area contributed by atoms with Crippen molar-refractivity contribution in [2.75, 3.05) is 0 Å². The molecule has 0 spiro atoms. The summed E-state index contributed by atoms with van der Waals surface area (Å²) in [7, 11) is -3.70. The number of hydrogen-bond acceptors (Lipinski definition) is 3. The highest BCUT2D eigenvalue weighted by atomic mass is 32.2. The average Bonchev–Trinajstić information content (AvgIpc) is 3.44. The van der Waals surface area contributed by atoms with E-state index in [1.165, 1.54) is 11.3 Å². The first kappa shape index (κ1) is 19.8. The topological polar surface area (TPSA) is 49.9 Å². The summed E-state index contributed by atoms with van der Waals surface area (Å²) in [5.41, 5.74) is 4.57. The summed E-state index contributed by atoms with van der Waals surface area (Å²) in [5, 5.41) is 2.06. The number of aryl methyl sites for hydroxylation is 1. The largest absolute Gasteiger partial charge is 0.354 e. The van der Waals surface area contributed by atoms with E-state index >= 15 is 0 Å². The number of sulfone groups is 1. The summed E-state index contributed by atoms with van der Waals surface area (Å²) >= 11 is 1.47. The molecule has 0 saturated carbocycles. The maximum Gasteiger partial charge on any atom is 0.190 e. The zero-order valence-electron chi connectivity index (χ0n) is 16.9. The highest BCUT2D eigenvalue weighted by Crippen LogP contribution is 2.45. The predicted octanol–water partition coefficient (Wildman–Crippen LogP) is 6.77. The lowest BCUT2D eigenvalue weighted by molar-refractivity contribution is 0.590. The zero-order valence-corrected chi connectivity index (χ0v) is 18.6. The third-order valence-corrected chi connectivity index (χ3v) is 8.66. The van der Waals surface area contributed by atoms with E-state index in [4.69, 9.17) is 0 Å². The van der Waals surface area contributed by atoms with E-state index in [0.717, 1.165) is 38.2 Å². The van der Waals surface area contributed by atoms with Crippen LogP contribution in [0.3, 0.4) is 0 Å². The number of aromatic nitrogens is 1. The number of benzene rings is 3. The van der Waals surface area contributed by atoms with Crippen LogP contribution in [0.5, 0.6) is 0 Å². The molecule has 5 aromatic rings. The number of H-pyrrole nitrogens is 1. The van der Waals surface area contributed by atoms with Gasteiger partial charge in [-0.2, -0.15) is 0 Å². The van der Waals surface area contributed by atoms with Gasteiger partial charge in [0, 0.05) is 21.3 Å². The Kier molecular flexibility index (Phi) is 5.00. The van der Waals surface area contributed by atoms with Gasteiger partial charge < -0.3 is 4.98 Å². The number of para-hydroxylation sites is 1. The fourth-order valence-corrected chi connectivity index (χ4v) is 7.01. The van der Waals surface area contributed by atoms with E-state index in [0.29, 0.717) is 4.90 Å². The summed E-state index contributed by atoms with van der Waals surface area (Å²) in [6.07, 6.45) is 0. The fraction of sp³-hybridized carbons (Fsp3) is 0.0769. The first-order chi connectivity index (χ1) is 15.1. The van der Waals surface area contributed by atoms with Crippen LogP contribution in [0.4, 0.5) is 0 Å². The van der Waals surface area contributed by atoms with Crippen LogP contribution in [0.25, 0.3) is 22.2 Å². The van der Waals surface area contributed by atoms with Crippen LogP contribution in [0, 0.1) is 6.92 Å². The molecule has 154 valence electrons. The van der Waals surface area contributed by atoms with Gasteiger partial charge >= 0.3 is 0 Å². The molecule has 3 aromatic carbocycles. The summed E-state index contributed by atoms with van der Waals surface area (Å²) < 4.78 is 28.1. The Hall–Kier alpha value is -3.15. The van der Waals surface area contributed by atoms with Gasteiger partial charge in [-0.1, -0.05) is 72.3 Å². The van der Waals surface area contributed by atoms with Gasteiger partial charge in [0.05, 0.1) is 10.6 Å². The Morgan fingerprint density at radius 1 is 0.806 bits per heavy atom. The third-order valence-electron chi connectivity index (χ3n) is 5.53. The van der Waals surface area contributed by atoms with Crippen molar-refractivity contribution in [2.24, 2.45) is 0 Å². The molecule has 1 unspecified atom stereocenters. The van der Waals surface area contributed by atoms with Gasteiger partial charge in [0.2, 0.25) is 0 Å². The first-order valence-electron chi connectivity index (χ1n) is 10.1. The molecule has 0 saturated heterocycles. The number of nitrogens with one attached hydrogen (secondary N) is 1. The number of aromatic amines is 1. The lowest BCUT2D eigenvalue weighted by Crippen LogP contribution is -2.15. The normalized spacial score (nSPS) is 12.8. The minimum Gasteiger partial charge on any atom is -0.354 e. The van der Waals surface area contributed by atoms with Crippen LogP contribution in [0.15, 0.2) is 101 Å². The van der Waals surface area contributed by atoms with E-state index in [9.17, 15) is 8.42 Å². The monoisotopic (exact) mass is 443 g/mol. The Labute approximate surface area is 185 Å². The standard InChI is InChI=1S/C26H21NO2S2/c1-18-13-15-20(16-14-18)31(28,29)26(23-12-7-17-30-23)24-21-10-5-6-11-22(21)27-25(24)19-8-3-2-4-9-19/h2-17,26-27H,1H3. The Balaban J connectivity index is 1.84. The van der Waals surface area contributed by atoms with E-state index < -0.39 is 15.1 Å². The summed E-state index contributed by atoms with van der Waals surface area (Å²) in [6.45, 7) is 1.96. The molecule has 5 rings (SSSR count). The van der Waals surface area contributed by atoms with Crippen molar-refractivity contribution < 1.29 is 8.42 Å². The average molecular weight is 444 g/mol. The predicted molar refractivity (Wildman–Crippen MR) is 128 cm³/mol. The van der Waals surface area contributed by atoms with Gasteiger partial charge in [-0.25, -0.2) is 8.42 Å². The van der Waals surface area contributed by atoms with E-state index in [1.807, 2.05) is 91.2 Å². The lowest BCUT2D eigenvalue weighted by Gasteiger charge is -2.19. The van der Waals surface area contributed by atoms with Crippen molar-refractivity contribution in [2.45, 2.75) is 17.1 Å². The SMILES string of the molecule is Cc1ccc(S(=O)(=O)C(c2cccs2)c2c(-c3ccccc3)[nH]c3ccccc23)cc1. The van der Waals surface area contributed by atoms with Crippen LogP contribution >= 0.6 is 11.3 Å². The minimum absolute atomic E-state index is 0.334. The molecule has 0 bridgehead atoms.